The second kappa shape index (κ2) is 12.1. The van der Waals surface area contributed by atoms with Crippen molar-refractivity contribution in [1.29, 1.82) is 0 Å². The van der Waals surface area contributed by atoms with Crippen molar-refractivity contribution in [3.8, 4) is 0 Å². The smallest absolute Gasteiger partial charge is 0.356 e. The van der Waals surface area contributed by atoms with E-state index in [4.69, 9.17) is 9.47 Å². The van der Waals surface area contributed by atoms with E-state index in [1.807, 2.05) is 29.8 Å². The number of benzene rings is 2. The standard InChI is InChI=1S/C35H44F3N5O3/c1-22-15-34(16-22,18-30-40-39-21-41(30)4)25-8-7-9-26(14-25)43-20-28-27(31(43)44)12-23(13-29(28)35(36,37)38)19-42-11-10-24(17-33(42,2)3)32(45-5)46-6/h7-9,12-14,21-22,24,32H,10-11,15-20H2,1-6H3/t22-,24?,34-. The van der Waals surface area contributed by atoms with Crippen LogP contribution in [-0.4, -0.2) is 58.2 Å². The molecule has 1 saturated carbocycles. The number of alkyl halides is 3. The Morgan fingerprint density at radius 1 is 1.09 bits per heavy atom. The summed E-state index contributed by atoms with van der Waals surface area (Å²) in [4.78, 5) is 17.6. The summed E-state index contributed by atoms with van der Waals surface area (Å²) in [7, 11) is 5.17. The van der Waals surface area contributed by atoms with Gasteiger partial charge in [-0.05, 0) is 92.9 Å². The fourth-order valence-electron chi connectivity index (χ4n) is 8.27. The van der Waals surface area contributed by atoms with E-state index in [9.17, 15) is 18.0 Å². The molecule has 1 unspecified atom stereocenters. The van der Waals surface area contributed by atoms with Crippen LogP contribution in [0.4, 0.5) is 18.9 Å². The van der Waals surface area contributed by atoms with E-state index >= 15 is 0 Å². The molecule has 1 atom stereocenters. The highest BCUT2D eigenvalue weighted by atomic mass is 19.4. The van der Waals surface area contributed by atoms with E-state index in [0.29, 0.717) is 36.7 Å². The fourth-order valence-corrected chi connectivity index (χ4v) is 8.27. The van der Waals surface area contributed by atoms with E-state index in [1.54, 1.807) is 26.6 Å². The van der Waals surface area contributed by atoms with Crippen LogP contribution in [0.3, 0.4) is 0 Å². The Morgan fingerprint density at radius 3 is 2.43 bits per heavy atom. The number of nitrogens with zero attached hydrogens (tertiary/aromatic N) is 5. The Bertz CT molecular complexity index is 1590. The van der Waals surface area contributed by atoms with Crippen LogP contribution in [0.5, 0.6) is 0 Å². The van der Waals surface area contributed by atoms with Crippen molar-refractivity contribution in [2.75, 3.05) is 25.7 Å². The number of fused-ring (bicyclic) bond motifs is 1. The molecule has 1 amide bonds. The van der Waals surface area contributed by atoms with Crippen LogP contribution in [0.1, 0.15) is 84.9 Å². The number of aromatic nitrogens is 3. The van der Waals surface area contributed by atoms with Gasteiger partial charge in [0.2, 0.25) is 0 Å². The molecule has 2 aromatic carbocycles. The Labute approximate surface area is 268 Å². The summed E-state index contributed by atoms with van der Waals surface area (Å²) in [5.74, 6) is 1.21. The van der Waals surface area contributed by atoms with Gasteiger partial charge >= 0.3 is 6.18 Å². The highest BCUT2D eigenvalue weighted by molar-refractivity contribution is 6.10. The summed E-state index contributed by atoms with van der Waals surface area (Å²) in [6, 6.07) is 10.7. The Balaban J connectivity index is 1.28. The molecule has 8 nitrogen and oxygen atoms in total. The fraction of sp³-hybridized carbons (Fsp3) is 0.571. The van der Waals surface area contributed by atoms with Crippen LogP contribution in [0.2, 0.25) is 0 Å². The van der Waals surface area contributed by atoms with Gasteiger partial charge in [-0.3, -0.25) is 9.69 Å². The van der Waals surface area contributed by atoms with Gasteiger partial charge in [0.15, 0.2) is 6.29 Å². The number of hydrogen-bond donors (Lipinski definition) is 0. The zero-order valence-corrected chi connectivity index (χ0v) is 27.5. The Morgan fingerprint density at radius 2 is 1.83 bits per heavy atom. The maximum Gasteiger partial charge on any atom is 0.416 e. The summed E-state index contributed by atoms with van der Waals surface area (Å²) in [5.41, 5.74) is 1.15. The van der Waals surface area contributed by atoms with Gasteiger partial charge in [0.25, 0.3) is 5.91 Å². The maximum atomic E-state index is 14.6. The van der Waals surface area contributed by atoms with Crippen LogP contribution in [0, 0.1) is 11.8 Å². The lowest BCUT2D eigenvalue weighted by molar-refractivity contribution is -0.158. The number of ether oxygens (including phenoxy) is 2. The molecule has 0 bridgehead atoms. The van der Waals surface area contributed by atoms with Crippen molar-refractivity contribution in [2.45, 2.75) is 89.4 Å². The Kier molecular flexibility index (Phi) is 8.56. The van der Waals surface area contributed by atoms with Crippen molar-refractivity contribution in [3.63, 3.8) is 0 Å². The largest absolute Gasteiger partial charge is 0.416 e. The molecule has 1 saturated heterocycles. The highest BCUT2D eigenvalue weighted by Crippen LogP contribution is 2.50. The van der Waals surface area contributed by atoms with Gasteiger partial charge in [-0.1, -0.05) is 19.1 Å². The molecule has 3 heterocycles. The molecule has 2 fully saturated rings. The summed E-state index contributed by atoms with van der Waals surface area (Å²) >= 11 is 0. The van der Waals surface area contributed by atoms with E-state index < -0.39 is 17.6 Å². The number of likely N-dealkylation sites (tertiary alicyclic amines) is 1. The minimum Gasteiger partial charge on any atom is -0.356 e. The lowest BCUT2D eigenvalue weighted by Gasteiger charge is -2.47. The van der Waals surface area contributed by atoms with E-state index in [-0.39, 0.29) is 40.8 Å². The van der Waals surface area contributed by atoms with Crippen molar-refractivity contribution in [1.82, 2.24) is 19.7 Å². The van der Waals surface area contributed by atoms with Gasteiger partial charge in [0.1, 0.15) is 12.2 Å². The van der Waals surface area contributed by atoms with Crippen molar-refractivity contribution in [3.05, 3.63) is 76.4 Å². The highest BCUT2D eigenvalue weighted by Gasteiger charge is 2.46. The van der Waals surface area contributed by atoms with E-state index in [2.05, 4.69) is 41.9 Å². The number of halogens is 3. The third-order valence-corrected chi connectivity index (χ3v) is 10.6. The summed E-state index contributed by atoms with van der Waals surface area (Å²) in [5, 5.41) is 8.35. The van der Waals surface area contributed by atoms with Gasteiger partial charge in [0.05, 0.1) is 12.1 Å². The molecule has 0 spiro atoms. The summed E-state index contributed by atoms with van der Waals surface area (Å²) in [6.45, 7) is 7.28. The molecule has 1 aromatic heterocycles. The lowest BCUT2D eigenvalue weighted by Crippen LogP contribution is -2.51. The predicted molar refractivity (Wildman–Crippen MR) is 168 cm³/mol. The van der Waals surface area contributed by atoms with E-state index in [1.165, 1.54) is 11.0 Å². The number of hydrogen-bond acceptors (Lipinski definition) is 6. The molecule has 0 N–H and O–H groups in total. The summed E-state index contributed by atoms with van der Waals surface area (Å²) < 4.78 is 56.6. The molecular weight excluding hydrogens is 595 g/mol. The van der Waals surface area contributed by atoms with Crippen LogP contribution in [0.25, 0.3) is 0 Å². The molecule has 6 rings (SSSR count). The number of carbonyl (C=O) groups is 1. The molecule has 1 aliphatic carbocycles. The SMILES string of the molecule is COC(OC)C1CCN(Cc2cc3c(c(C(F)(F)F)c2)CN(c2cccc([C@]4(Cc5nncn5C)C[C@@H](C)C4)c2)C3=O)C(C)(C)C1. The van der Waals surface area contributed by atoms with Gasteiger partial charge in [-0.2, -0.15) is 13.2 Å². The number of methoxy groups -OCH3 is 2. The van der Waals surface area contributed by atoms with Crippen molar-refractivity contribution in [2.24, 2.45) is 18.9 Å². The summed E-state index contributed by atoms with van der Waals surface area (Å²) in [6.07, 6.45) is 0.980. The number of amides is 1. The van der Waals surface area contributed by atoms with Crippen LogP contribution in [-0.2, 0) is 47.6 Å². The minimum absolute atomic E-state index is 0.0405. The first-order valence-corrected chi connectivity index (χ1v) is 16.0. The van der Waals surface area contributed by atoms with Crippen LogP contribution in [0.15, 0.2) is 42.7 Å². The number of anilines is 1. The lowest BCUT2D eigenvalue weighted by atomic mass is 9.57. The second-order valence-corrected chi connectivity index (χ2v) is 14.3. The second-order valence-electron chi connectivity index (χ2n) is 14.3. The maximum absolute atomic E-state index is 14.6. The Hall–Kier alpha value is -3.28. The third kappa shape index (κ3) is 5.97. The molecule has 0 radical (unpaired) electrons. The molecule has 11 heteroatoms. The molecule has 3 aliphatic rings. The van der Waals surface area contributed by atoms with Crippen LogP contribution < -0.4 is 4.90 Å². The first-order chi connectivity index (χ1) is 21.7. The number of rotatable bonds is 9. The monoisotopic (exact) mass is 639 g/mol. The van der Waals surface area contributed by atoms with Gasteiger partial charge in [-0.25, -0.2) is 0 Å². The van der Waals surface area contributed by atoms with E-state index in [0.717, 1.165) is 37.1 Å². The van der Waals surface area contributed by atoms with Gasteiger partial charge in [-0.15, -0.1) is 10.2 Å². The minimum atomic E-state index is -4.59. The molecule has 248 valence electrons. The zero-order valence-electron chi connectivity index (χ0n) is 27.5. The average Bonchev–Trinajstić information content (AvgIpc) is 3.54. The van der Waals surface area contributed by atoms with Crippen LogP contribution >= 0.6 is 0 Å². The number of piperidine rings is 1. The third-order valence-electron chi connectivity index (χ3n) is 10.6. The van der Waals surface area contributed by atoms with Crippen molar-refractivity contribution < 1.29 is 27.4 Å². The normalized spacial score (nSPS) is 24.8. The zero-order chi connectivity index (χ0) is 33.0. The molecule has 46 heavy (non-hydrogen) atoms. The first kappa shape index (κ1) is 32.7. The van der Waals surface area contributed by atoms with Gasteiger partial charge in [0, 0.05) is 62.4 Å². The quantitative estimate of drug-likeness (QED) is 0.249. The average molecular weight is 640 g/mol. The van der Waals surface area contributed by atoms with Gasteiger partial charge < -0.3 is 18.9 Å². The topological polar surface area (TPSA) is 72.7 Å². The first-order valence-electron chi connectivity index (χ1n) is 16.0. The molecule has 2 aliphatic heterocycles. The molecule has 3 aromatic rings. The number of carbonyl (C=O) groups excluding carboxylic acids is 1. The van der Waals surface area contributed by atoms with Crippen molar-refractivity contribution >= 4 is 11.6 Å². The number of aryl methyl sites for hydroxylation is 1. The molecular formula is C35H44F3N5O3. The predicted octanol–water partition coefficient (Wildman–Crippen LogP) is 6.51.